The summed E-state index contributed by atoms with van der Waals surface area (Å²) in [6.07, 6.45) is 8.13. The molecule has 0 atom stereocenters. The van der Waals surface area contributed by atoms with Crippen LogP contribution < -0.4 is 0 Å². The zero-order valence-electron chi connectivity index (χ0n) is 14.3. The molecule has 0 unspecified atom stereocenters. The zero-order valence-corrected chi connectivity index (χ0v) is 14.3. The van der Waals surface area contributed by atoms with E-state index in [1.54, 1.807) is 11.8 Å². The second-order valence-corrected chi connectivity index (χ2v) is 6.84. The summed E-state index contributed by atoms with van der Waals surface area (Å²) in [5, 5.41) is 0. The lowest BCUT2D eigenvalue weighted by atomic mass is 9.87. The van der Waals surface area contributed by atoms with Crippen molar-refractivity contribution in [3.8, 4) is 0 Å². The number of aryl methyl sites for hydroxylation is 1. The van der Waals surface area contributed by atoms with Crippen LogP contribution in [0.1, 0.15) is 51.3 Å². The molecule has 124 valence electrons. The van der Waals surface area contributed by atoms with E-state index in [-0.39, 0.29) is 5.91 Å². The van der Waals surface area contributed by atoms with Crippen LogP contribution in [0.15, 0.2) is 24.3 Å². The van der Waals surface area contributed by atoms with Crippen LogP contribution in [0.4, 0.5) is 0 Å². The highest BCUT2D eigenvalue weighted by molar-refractivity contribution is 5.76. The molecule has 4 nitrogen and oxygen atoms in total. The van der Waals surface area contributed by atoms with Gasteiger partial charge in [-0.3, -0.25) is 4.79 Å². The minimum Gasteiger partial charge on any atom is -0.339 e. The summed E-state index contributed by atoms with van der Waals surface area (Å²) in [6.45, 7) is 3.19. The molecule has 0 bridgehead atoms. The Hall–Kier alpha value is -1.84. The zero-order chi connectivity index (χ0) is 16.2. The van der Waals surface area contributed by atoms with Gasteiger partial charge in [-0.25, -0.2) is 4.98 Å². The first-order chi connectivity index (χ1) is 11.1. The molecule has 23 heavy (non-hydrogen) atoms. The summed E-state index contributed by atoms with van der Waals surface area (Å²) in [6, 6.07) is 8.29. The molecular formula is C19H27N3O. The number of hydrogen-bond acceptors (Lipinski definition) is 2. The number of hydrogen-bond donors (Lipinski definition) is 0. The van der Waals surface area contributed by atoms with Crippen LogP contribution in [-0.2, 0) is 17.9 Å². The average Bonchev–Trinajstić information content (AvgIpc) is 2.91. The van der Waals surface area contributed by atoms with Crippen LogP contribution in [0.5, 0.6) is 0 Å². The van der Waals surface area contributed by atoms with Gasteiger partial charge in [0, 0.05) is 20.5 Å². The number of imidazole rings is 1. The summed E-state index contributed by atoms with van der Waals surface area (Å²) >= 11 is 0. The van der Waals surface area contributed by atoms with E-state index in [9.17, 15) is 4.79 Å². The van der Waals surface area contributed by atoms with Gasteiger partial charge in [-0.15, -0.1) is 0 Å². The van der Waals surface area contributed by atoms with Gasteiger partial charge in [-0.1, -0.05) is 44.2 Å². The van der Waals surface area contributed by atoms with Gasteiger partial charge in [0.05, 0.1) is 17.6 Å². The van der Waals surface area contributed by atoms with E-state index in [0.717, 1.165) is 23.8 Å². The topological polar surface area (TPSA) is 38.1 Å². The molecule has 1 aliphatic rings. The van der Waals surface area contributed by atoms with Crippen LogP contribution >= 0.6 is 0 Å². The van der Waals surface area contributed by atoms with Crippen LogP contribution in [0.3, 0.4) is 0 Å². The Morgan fingerprint density at radius 3 is 2.74 bits per heavy atom. The fourth-order valence-corrected chi connectivity index (χ4v) is 3.61. The molecule has 0 spiro atoms. The van der Waals surface area contributed by atoms with Crippen LogP contribution in [-0.4, -0.2) is 27.4 Å². The van der Waals surface area contributed by atoms with Crippen molar-refractivity contribution < 1.29 is 4.79 Å². The van der Waals surface area contributed by atoms with Crippen molar-refractivity contribution in [3.05, 3.63) is 30.1 Å². The van der Waals surface area contributed by atoms with Crippen LogP contribution in [0, 0.1) is 5.92 Å². The first-order valence-electron chi connectivity index (χ1n) is 8.81. The Morgan fingerprint density at radius 1 is 1.26 bits per heavy atom. The third-order valence-corrected chi connectivity index (χ3v) is 5.14. The molecule has 1 saturated carbocycles. The predicted octanol–water partition coefficient (Wildman–Crippen LogP) is 3.99. The van der Waals surface area contributed by atoms with Crippen molar-refractivity contribution in [2.45, 2.75) is 58.5 Å². The van der Waals surface area contributed by atoms with Gasteiger partial charge < -0.3 is 9.47 Å². The fraction of sp³-hybridized carbons (Fsp3) is 0.579. The Kier molecular flexibility index (Phi) is 4.99. The van der Waals surface area contributed by atoms with E-state index in [1.165, 1.54) is 44.0 Å². The highest BCUT2D eigenvalue weighted by Crippen LogP contribution is 2.28. The molecule has 0 N–H and O–H groups in total. The van der Waals surface area contributed by atoms with E-state index in [1.807, 2.05) is 13.1 Å². The van der Waals surface area contributed by atoms with Crippen molar-refractivity contribution in [1.82, 2.24) is 14.5 Å². The molecule has 0 aliphatic heterocycles. The third kappa shape index (κ3) is 3.74. The molecule has 3 rings (SSSR count). The van der Waals surface area contributed by atoms with Crippen molar-refractivity contribution in [3.63, 3.8) is 0 Å². The van der Waals surface area contributed by atoms with Gasteiger partial charge in [0.25, 0.3) is 0 Å². The summed E-state index contributed by atoms with van der Waals surface area (Å²) in [5.41, 5.74) is 2.22. The van der Waals surface area contributed by atoms with Crippen molar-refractivity contribution in [2.24, 2.45) is 5.92 Å². The van der Waals surface area contributed by atoms with Crippen LogP contribution in [0.2, 0.25) is 0 Å². The number of carbonyl (C=O) groups excluding carboxylic acids is 1. The molecule has 2 aromatic rings. The van der Waals surface area contributed by atoms with E-state index >= 15 is 0 Å². The number of fused-ring (bicyclic) bond motifs is 1. The predicted molar refractivity (Wildman–Crippen MR) is 93.1 cm³/mol. The van der Waals surface area contributed by atoms with Gasteiger partial charge in [0.2, 0.25) is 5.91 Å². The first kappa shape index (κ1) is 16.0. The Morgan fingerprint density at radius 2 is 2.00 bits per heavy atom. The largest absolute Gasteiger partial charge is 0.339 e. The SMILES string of the molecule is CC(=O)N(C)Cc1nc2ccccc2n1CCC1CCCCC1. The maximum atomic E-state index is 11.6. The van der Waals surface area contributed by atoms with Gasteiger partial charge in [0.1, 0.15) is 5.82 Å². The minimum absolute atomic E-state index is 0.0795. The highest BCUT2D eigenvalue weighted by atomic mass is 16.2. The summed E-state index contributed by atoms with van der Waals surface area (Å²) < 4.78 is 2.32. The van der Waals surface area contributed by atoms with E-state index in [4.69, 9.17) is 4.98 Å². The second-order valence-electron chi connectivity index (χ2n) is 6.84. The number of amides is 1. The fourth-order valence-electron chi connectivity index (χ4n) is 3.61. The van der Waals surface area contributed by atoms with Gasteiger partial charge in [-0.05, 0) is 24.5 Å². The molecule has 1 aliphatic carbocycles. The average molecular weight is 313 g/mol. The molecule has 0 radical (unpaired) electrons. The molecule has 1 fully saturated rings. The monoisotopic (exact) mass is 313 g/mol. The normalized spacial score (nSPS) is 15.9. The van der Waals surface area contributed by atoms with Crippen molar-refractivity contribution in [1.29, 1.82) is 0 Å². The standard InChI is InChI=1S/C19H27N3O/c1-15(23)21(2)14-19-20-17-10-6-7-11-18(17)22(19)13-12-16-8-4-3-5-9-16/h6-7,10-11,16H,3-5,8-9,12-14H2,1-2H3. The lowest BCUT2D eigenvalue weighted by Crippen LogP contribution is -2.25. The molecule has 1 aromatic heterocycles. The third-order valence-electron chi connectivity index (χ3n) is 5.14. The maximum absolute atomic E-state index is 11.6. The van der Waals surface area contributed by atoms with Crippen molar-refractivity contribution >= 4 is 16.9 Å². The quantitative estimate of drug-likeness (QED) is 0.837. The van der Waals surface area contributed by atoms with E-state index in [0.29, 0.717) is 6.54 Å². The van der Waals surface area contributed by atoms with Crippen LogP contribution in [0.25, 0.3) is 11.0 Å². The molecule has 0 saturated heterocycles. The number of aromatic nitrogens is 2. The summed E-state index contributed by atoms with van der Waals surface area (Å²) in [4.78, 5) is 18.1. The second kappa shape index (κ2) is 7.16. The lowest BCUT2D eigenvalue weighted by molar-refractivity contribution is -0.128. The van der Waals surface area contributed by atoms with E-state index in [2.05, 4.69) is 22.8 Å². The minimum atomic E-state index is 0.0795. The molecule has 1 amide bonds. The number of nitrogens with zero attached hydrogens (tertiary/aromatic N) is 3. The van der Waals surface area contributed by atoms with Gasteiger partial charge in [-0.2, -0.15) is 0 Å². The lowest BCUT2D eigenvalue weighted by Gasteiger charge is -2.22. The smallest absolute Gasteiger partial charge is 0.219 e. The van der Waals surface area contributed by atoms with Gasteiger partial charge in [0.15, 0.2) is 0 Å². The Labute approximate surface area is 138 Å². The number of para-hydroxylation sites is 2. The number of benzene rings is 1. The molecule has 1 heterocycles. The Balaban J connectivity index is 1.81. The summed E-state index contributed by atoms with van der Waals surface area (Å²) in [7, 11) is 1.84. The van der Waals surface area contributed by atoms with E-state index < -0.39 is 0 Å². The molecule has 4 heteroatoms. The summed E-state index contributed by atoms with van der Waals surface area (Å²) in [5.74, 6) is 1.93. The molecular weight excluding hydrogens is 286 g/mol. The first-order valence-corrected chi connectivity index (χ1v) is 8.81. The molecule has 1 aromatic carbocycles. The number of rotatable bonds is 5. The van der Waals surface area contributed by atoms with Gasteiger partial charge >= 0.3 is 0 Å². The Bertz CT molecular complexity index is 670. The highest BCUT2D eigenvalue weighted by Gasteiger charge is 2.17. The maximum Gasteiger partial charge on any atom is 0.219 e. The van der Waals surface area contributed by atoms with Crippen molar-refractivity contribution in [2.75, 3.05) is 7.05 Å². The number of carbonyl (C=O) groups is 1.